The third kappa shape index (κ3) is 3.80. The van der Waals surface area contributed by atoms with Crippen molar-refractivity contribution in [3.63, 3.8) is 0 Å². The molecule has 1 heteroatoms. The van der Waals surface area contributed by atoms with Crippen LogP contribution in [0.4, 0.5) is 0 Å². The van der Waals surface area contributed by atoms with Gasteiger partial charge in [-0.1, -0.05) is 48.6 Å². The van der Waals surface area contributed by atoms with Crippen molar-refractivity contribution in [3.05, 3.63) is 73.3 Å². The van der Waals surface area contributed by atoms with E-state index in [4.69, 9.17) is 4.74 Å². The van der Waals surface area contributed by atoms with E-state index in [-0.39, 0.29) is 6.10 Å². The Kier molecular flexibility index (Phi) is 4.93. The number of ether oxygens (including phenoxy) is 1. The zero-order valence-corrected chi connectivity index (χ0v) is 11.2. The number of benzene rings is 2. The second kappa shape index (κ2) is 6.91. The van der Waals surface area contributed by atoms with Gasteiger partial charge in [0.05, 0.1) is 12.7 Å². The third-order valence-electron chi connectivity index (χ3n) is 3.16. The van der Waals surface area contributed by atoms with Gasteiger partial charge in [0, 0.05) is 0 Å². The molecule has 0 heterocycles. The molecule has 0 amide bonds. The Balaban J connectivity index is 2.03. The van der Waals surface area contributed by atoms with Crippen LogP contribution in [0.2, 0.25) is 0 Å². The molecular formula is C18H20O. The average molecular weight is 252 g/mol. The number of hydrogen-bond acceptors (Lipinski definition) is 1. The van der Waals surface area contributed by atoms with Crippen molar-refractivity contribution in [1.82, 2.24) is 0 Å². The Morgan fingerprint density at radius 1 is 0.947 bits per heavy atom. The maximum atomic E-state index is 5.92. The summed E-state index contributed by atoms with van der Waals surface area (Å²) >= 11 is 0. The normalized spacial score (nSPS) is 10.8. The van der Waals surface area contributed by atoms with E-state index in [1.54, 1.807) is 0 Å². The predicted octanol–water partition coefficient (Wildman–Crippen LogP) is 4.88. The van der Waals surface area contributed by atoms with Crippen LogP contribution in [-0.2, 0) is 11.3 Å². The van der Waals surface area contributed by atoms with E-state index in [1.165, 1.54) is 16.3 Å². The first-order valence-corrected chi connectivity index (χ1v) is 6.64. The fourth-order valence-electron chi connectivity index (χ4n) is 2.15. The van der Waals surface area contributed by atoms with Gasteiger partial charge < -0.3 is 4.74 Å². The van der Waals surface area contributed by atoms with E-state index >= 15 is 0 Å². The molecule has 19 heavy (non-hydrogen) atoms. The van der Waals surface area contributed by atoms with Gasteiger partial charge in [-0.05, 0) is 35.2 Å². The van der Waals surface area contributed by atoms with Crippen LogP contribution in [-0.4, -0.2) is 6.10 Å². The first kappa shape index (κ1) is 13.6. The molecule has 0 aliphatic heterocycles. The Hall–Kier alpha value is -1.86. The van der Waals surface area contributed by atoms with Crippen molar-refractivity contribution in [3.8, 4) is 0 Å². The van der Waals surface area contributed by atoms with Crippen molar-refractivity contribution in [2.24, 2.45) is 0 Å². The van der Waals surface area contributed by atoms with E-state index in [0.717, 1.165) is 12.8 Å². The van der Waals surface area contributed by atoms with Crippen LogP contribution >= 0.6 is 0 Å². The lowest BCUT2D eigenvalue weighted by Gasteiger charge is -2.14. The van der Waals surface area contributed by atoms with Crippen LogP contribution < -0.4 is 0 Å². The van der Waals surface area contributed by atoms with Gasteiger partial charge in [0.1, 0.15) is 0 Å². The predicted molar refractivity (Wildman–Crippen MR) is 82.2 cm³/mol. The maximum absolute atomic E-state index is 5.92. The van der Waals surface area contributed by atoms with Crippen molar-refractivity contribution in [1.29, 1.82) is 0 Å². The van der Waals surface area contributed by atoms with Crippen LogP contribution in [0.3, 0.4) is 0 Å². The van der Waals surface area contributed by atoms with Crippen molar-refractivity contribution in [2.75, 3.05) is 0 Å². The lowest BCUT2D eigenvalue weighted by Crippen LogP contribution is -2.10. The highest BCUT2D eigenvalue weighted by molar-refractivity contribution is 5.82. The molecule has 0 unspecified atom stereocenters. The Labute approximate surface area is 115 Å². The van der Waals surface area contributed by atoms with E-state index in [9.17, 15) is 0 Å². The smallest absolute Gasteiger partial charge is 0.0721 e. The minimum Gasteiger partial charge on any atom is -0.373 e. The molecule has 0 saturated heterocycles. The molecule has 2 aromatic carbocycles. The second-order valence-corrected chi connectivity index (χ2v) is 4.66. The molecule has 0 bridgehead atoms. The fraction of sp³-hybridized carbons (Fsp3) is 0.222. The van der Waals surface area contributed by atoms with Crippen LogP contribution in [0.5, 0.6) is 0 Å². The molecule has 0 N–H and O–H groups in total. The highest BCUT2D eigenvalue weighted by atomic mass is 16.5. The molecule has 0 saturated carbocycles. The SMILES string of the molecule is C=CCC(CC=C)OCc1ccc2ccccc2c1. The summed E-state index contributed by atoms with van der Waals surface area (Å²) in [6, 6.07) is 14.8. The summed E-state index contributed by atoms with van der Waals surface area (Å²) in [4.78, 5) is 0. The quantitative estimate of drug-likeness (QED) is 0.638. The lowest BCUT2D eigenvalue weighted by atomic mass is 10.1. The zero-order chi connectivity index (χ0) is 13.5. The first-order valence-electron chi connectivity index (χ1n) is 6.64. The minimum atomic E-state index is 0.182. The van der Waals surface area contributed by atoms with E-state index in [0.29, 0.717) is 6.61 Å². The molecule has 98 valence electrons. The second-order valence-electron chi connectivity index (χ2n) is 4.66. The van der Waals surface area contributed by atoms with Crippen molar-refractivity contribution < 1.29 is 4.74 Å². The number of fused-ring (bicyclic) bond motifs is 1. The summed E-state index contributed by atoms with van der Waals surface area (Å²) in [7, 11) is 0. The molecular weight excluding hydrogens is 232 g/mol. The van der Waals surface area contributed by atoms with E-state index < -0.39 is 0 Å². The Morgan fingerprint density at radius 3 is 2.32 bits per heavy atom. The van der Waals surface area contributed by atoms with E-state index in [2.05, 4.69) is 55.6 Å². The van der Waals surface area contributed by atoms with Gasteiger partial charge in [-0.2, -0.15) is 0 Å². The molecule has 0 spiro atoms. The molecule has 0 aromatic heterocycles. The van der Waals surface area contributed by atoms with Gasteiger partial charge in [0.15, 0.2) is 0 Å². The van der Waals surface area contributed by atoms with Crippen LogP contribution in [0, 0.1) is 0 Å². The van der Waals surface area contributed by atoms with Gasteiger partial charge in [0.25, 0.3) is 0 Å². The summed E-state index contributed by atoms with van der Waals surface area (Å²) < 4.78 is 5.92. The van der Waals surface area contributed by atoms with Gasteiger partial charge in [-0.25, -0.2) is 0 Å². The Morgan fingerprint density at radius 2 is 1.63 bits per heavy atom. The highest BCUT2D eigenvalue weighted by Gasteiger charge is 2.05. The number of rotatable bonds is 7. The third-order valence-corrected chi connectivity index (χ3v) is 3.16. The fourth-order valence-corrected chi connectivity index (χ4v) is 2.15. The molecule has 0 aliphatic rings. The lowest BCUT2D eigenvalue weighted by molar-refractivity contribution is 0.0448. The Bertz CT molecular complexity index is 546. The van der Waals surface area contributed by atoms with Gasteiger partial charge >= 0.3 is 0 Å². The summed E-state index contributed by atoms with van der Waals surface area (Å²) in [5.41, 5.74) is 1.21. The van der Waals surface area contributed by atoms with Crippen LogP contribution in [0.1, 0.15) is 18.4 Å². The largest absolute Gasteiger partial charge is 0.373 e. The zero-order valence-electron chi connectivity index (χ0n) is 11.2. The molecule has 2 rings (SSSR count). The average Bonchev–Trinajstić information content (AvgIpc) is 2.45. The molecule has 0 aliphatic carbocycles. The van der Waals surface area contributed by atoms with Crippen LogP contribution in [0.15, 0.2) is 67.8 Å². The maximum Gasteiger partial charge on any atom is 0.0721 e. The van der Waals surface area contributed by atoms with Gasteiger partial charge in [-0.15, -0.1) is 13.2 Å². The molecule has 2 aromatic rings. The minimum absolute atomic E-state index is 0.182. The van der Waals surface area contributed by atoms with Crippen molar-refractivity contribution >= 4 is 10.8 Å². The van der Waals surface area contributed by atoms with E-state index in [1.807, 2.05) is 12.2 Å². The van der Waals surface area contributed by atoms with Crippen LogP contribution in [0.25, 0.3) is 10.8 Å². The number of hydrogen-bond donors (Lipinski definition) is 0. The summed E-state index contributed by atoms with van der Waals surface area (Å²) in [5.74, 6) is 0. The highest BCUT2D eigenvalue weighted by Crippen LogP contribution is 2.17. The summed E-state index contributed by atoms with van der Waals surface area (Å²) in [6.45, 7) is 8.16. The molecule has 0 fully saturated rings. The topological polar surface area (TPSA) is 9.23 Å². The molecule has 0 radical (unpaired) electrons. The first-order chi connectivity index (χ1) is 9.33. The molecule has 0 atom stereocenters. The van der Waals surface area contributed by atoms with Gasteiger partial charge in [0.2, 0.25) is 0 Å². The molecule has 1 nitrogen and oxygen atoms in total. The summed E-state index contributed by atoms with van der Waals surface area (Å²) in [5, 5.41) is 2.52. The standard InChI is InChI=1S/C18H20O/c1-3-7-18(8-4-2)19-14-15-11-12-16-9-5-6-10-17(16)13-15/h3-6,9-13,18H,1-2,7-8,14H2. The van der Waals surface area contributed by atoms with Crippen molar-refractivity contribution in [2.45, 2.75) is 25.6 Å². The van der Waals surface area contributed by atoms with Gasteiger partial charge in [-0.3, -0.25) is 0 Å². The monoisotopic (exact) mass is 252 g/mol. The summed E-state index contributed by atoms with van der Waals surface area (Å²) in [6.07, 6.45) is 5.70.